The minimum Gasteiger partial charge on any atom is -0.358 e. The molecule has 3 amide bonds. The first-order chi connectivity index (χ1) is 9.47. The Bertz CT molecular complexity index is 459. The summed E-state index contributed by atoms with van der Waals surface area (Å²) in [5, 5.41) is 8.36. The monoisotopic (exact) mass is 278 g/mol. The summed E-state index contributed by atoms with van der Waals surface area (Å²) in [5.74, 6) is -0.208. The zero-order valence-electron chi connectivity index (χ0n) is 12.4. The lowest BCUT2D eigenvalue weighted by Crippen LogP contribution is -2.39. The van der Waals surface area contributed by atoms with Gasteiger partial charge >= 0.3 is 6.03 Å². The molecule has 0 aliphatic carbocycles. The normalized spacial score (nSPS) is 11.6. The second-order valence-corrected chi connectivity index (χ2v) is 4.59. The SMILES string of the molecule is CNC(=O)CN(C)C(=O)Nc1ccc(C(C)NC)cc1. The third-order valence-electron chi connectivity index (χ3n) is 3.10. The lowest BCUT2D eigenvalue weighted by atomic mass is 10.1. The van der Waals surface area contributed by atoms with Crippen molar-refractivity contribution in [1.82, 2.24) is 15.5 Å². The lowest BCUT2D eigenvalue weighted by Gasteiger charge is -2.17. The van der Waals surface area contributed by atoms with E-state index >= 15 is 0 Å². The highest BCUT2D eigenvalue weighted by molar-refractivity contribution is 5.92. The van der Waals surface area contributed by atoms with Crippen LogP contribution in [0.3, 0.4) is 0 Å². The van der Waals surface area contributed by atoms with Crippen molar-refractivity contribution < 1.29 is 9.59 Å². The molecule has 1 aromatic carbocycles. The first kappa shape index (κ1) is 16.0. The molecule has 0 fully saturated rings. The molecular weight excluding hydrogens is 256 g/mol. The summed E-state index contributed by atoms with van der Waals surface area (Å²) in [4.78, 5) is 24.4. The number of carbonyl (C=O) groups is 2. The largest absolute Gasteiger partial charge is 0.358 e. The van der Waals surface area contributed by atoms with Crippen molar-refractivity contribution in [3.8, 4) is 0 Å². The minimum absolute atomic E-state index is 0.0250. The zero-order chi connectivity index (χ0) is 15.1. The topological polar surface area (TPSA) is 73.5 Å². The summed E-state index contributed by atoms with van der Waals surface area (Å²) in [6, 6.07) is 7.54. The van der Waals surface area contributed by atoms with Crippen molar-refractivity contribution in [2.45, 2.75) is 13.0 Å². The predicted octanol–water partition coefficient (Wildman–Crippen LogP) is 1.18. The van der Waals surface area contributed by atoms with E-state index in [1.54, 1.807) is 7.05 Å². The molecule has 0 radical (unpaired) electrons. The van der Waals surface area contributed by atoms with E-state index in [0.717, 1.165) is 5.56 Å². The van der Waals surface area contributed by atoms with Crippen LogP contribution < -0.4 is 16.0 Å². The number of nitrogens with one attached hydrogen (secondary N) is 3. The van der Waals surface area contributed by atoms with Crippen molar-refractivity contribution in [3.05, 3.63) is 29.8 Å². The Morgan fingerprint density at radius 2 is 1.80 bits per heavy atom. The molecule has 0 heterocycles. The van der Waals surface area contributed by atoms with Gasteiger partial charge in [0, 0.05) is 25.8 Å². The molecule has 0 aromatic heterocycles. The fourth-order valence-electron chi connectivity index (χ4n) is 1.61. The maximum absolute atomic E-state index is 11.9. The van der Waals surface area contributed by atoms with Crippen molar-refractivity contribution in [3.63, 3.8) is 0 Å². The quantitative estimate of drug-likeness (QED) is 0.757. The fraction of sp³-hybridized carbons (Fsp3) is 0.429. The Hall–Kier alpha value is -2.08. The molecule has 0 saturated heterocycles. The minimum atomic E-state index is -0.317. The number of likely N-dealkylation sites (N-methyl/N-ethyl adjacent to an activating group) is 2. The summed E-state index contributed by atoms with van der Waals surface area (Å²) >= 11 is 0. The number of urea groups is 1. The summed E-state index contributed by atoms with van der Waals surface area (Å²) in [7, 11) is 5.01. The van der Waals surface area contributed by atoms with Gasteiger partial charge in [-0.05, 0) is 31.7 Å². The second kappa shape index (κ2) is 7.49. The van der Waals surface area contributed by atoms with Crippen molar-refractivity contribution in [2.24, 2.45) is 0 Å². The van der Waals surface area contributed by atoms with E-state index in [0.29, 0.717) is 5.69 Å². The van der Waals surface area contributed by atoms with E-state index in [4.69, 9.17) is 0 Å². The van der Waals surface area contributed by atoms with Crippen LogP contribution in [-0.4, -0.2) is 44.5 Å². The Morgan fingerprint density at radius 3 is 2.30 bits per heavy atom. The maximum atomic E-state index is 11.9. The van der Waals surface area contributed by atoms with Crippen LogP contribution in [0.2, 0.25) is 0 Å². The van der Waals surface area contributed by atoms with Gasteiger partial charge in [0.15, 0.2) is 0 Å². The van der Waals surface area contributed by atoms with E-state index < -0.39 is 0 Å². The van der Waals surface area contributed by atoms with Crippen LogP contribution in [0.15, 0.2) is 24.3 Å². The summed E-state index contributed by atoms with van der Waals surface area (Å²) in [6.45, 7) is 2.09. The summed E-state index contributed by atoms with van der Waals surface area (Å²) in [5.41, 5.74) is 1.84. The van der Waals surface area contributed by atoms with E-state index in [1.807, 2.05) is 31.3 Å². The average Bonchev–Trinajstić information content (AvgIpc) is 2.46. The van der Waals surface area contributed by atoms with Crippen LogP contribution in [0.25, 0.3) is 0 Å². The second-order valence-electron chi connectivity index (χ2n) is 4.59. The van der Waals surface area contributed by atoms with Crippen molar-refractivity contribution in [1.29, 1.82) is 0 Å². The van der Waals surface area contributed by atoms with Gasteiger partial charge in [-0.1, -0.05) is 12.1 Å². The van der Waals surface area contributed by atoms with Crippen molar-refractivity contribution in [2.75, 3.05) is 33.0 Å². The molecule has 0 saturated carbocycles. The third-order valence-corrected chi connectivity index (χ3v) is 3.10. The predicted molar refractivity (Wildman–Crippen MR) is 79.6 cm³/mol. The third kappa shape index (κ3) is 4.55. The van der Waals surface area contributed by atoms with Crippen LogP contribution in [0, 0.1) is 0 Å². The van der Waals surface area contributed by atoms with Gasteiger partial charge in [-0.15, -0.1) is 0 Å². The smallest absolute Gasteiger partial charge is 0.322 e. The number of nitrogens with zero attached hydrogens (tertiary/aromatic N) is 1. The number of hydrogen-bond donors (Lipinski definition) is 3. The highest BCUT2D eigenvalue weighted by Gasteiger charge is 2.12. The molecule has 0 spiro atoms. The Morgan fingerprint density at radius 1 is 1.20 bits per heavy atom. The lowest BCUT2D eigenvalue weighted by molar-refractivity contribution is -0.120. The van der Waals surface area contributed by atoms with Gasteiger partial charge in [0.1, 0.15) is 6.54 Å². The Labute approximate surface area is 119 Å². The molecule has 20 heavy (non-hydrogen) atoms. The molecule has 1 rings (SSSR count). The molecule has 0 bridgehead atoms. The zero-order valence-corrected chi connectivity index (χ0v) is 12.4. The fourth-order valence-corrected chi connectivity index (χ4v) is 1.61. The molecule has 1 unspecified atom stereocenters. The molecule has 6 nitrogen and oxygen atoms in total. The van der Waals surface area contributed by atoms with Crippen molar-refractivity contribution >= 4 is 17.6 Å². The number of benzene rings is 1. The van der Waals surface area contributed by atoms with Gasteiger partial charge in [0.05, 0.1) is 0 Å². The summed E-state index contributed by atoms with van der Waals surface area (Å²) in [6.07, 6.45) is 0. The maximum Gasteiger partial charge on any atom is 0.322 e. The number of hydrogen-bond acceptors (Lipinski definition) is 3. The Balaban J connectivity index is 2.60. The van der Waals surface area contributed by atoms with Gasteiger partial charge in [-0.25, -0.2) is 4.79 Å². The van der Waals surface area contributed by atoms with Crippen LogP contribution in [0.4, 0.5) is 10.5 Å². The van der Waals surface area contributed by atoms with E-state index in [-0.39, 0.29) is 24.5 Å². The molecule has 0 aliphatic rings. The first-order valence-electron chi connectivity index (χ1n) is 6.47. The van der Waals surface area contributed by atoms with Crippen LogP contribution in [-0.2, 0) is 4.79 Å². The van der Waals surface area contributed by atoms with Gasteiger partial charge in [-0.2, -0.15) is 0 Å². The number of amides is 3. The van der Waals surface area contributed by atoms with Gasteiger partial charge in [-0.3, -0.25) is 4.79 Å². The molecule has 0 aliphatic heterocycles. The first-order valence-corrected chi connectivity index (χ1v) is 6.47. The molecule has 1 atom stereocenters. The van der Waals surface area contributed by atoms with Gasteiger partial charge in [0.25, 0.3) is 0 Å². The van der Waals surface area contributed by atoms with E-state index in [2.05, 4.69) is 22.9 Å². The van der Waals surface area contributed by atoms with Gasteiger partial charge < -0.3 is 20.9 Å². The standard InChI is InChI=1S/C14H22N4O2/c1-10(15-2)11-5-7-12(8-6-11)17-14(20)18(4)9-13(19)16-3/h5-8,10,15H,9H2,1-4H3,(H,16,19)(H,17,20). The van der Waals surface area contributed by atoms with E-state index in [9.17, 15) is 9.59 Å². The van der Waals surface area contributed by atoms with Crippen LogP contribution in [0.5, 0.6) is 0 Å². The van der Waals surface area contributed by atoms with Crippen LogP contribution in [0.1, 0.15) is 18.5 Å². The molecule has 1 aromatic rings. The highest BCUT2D eigenvalue weighted by atomic mass is 16.2. The highest BCUT2D eigenvalue weighted by Crippen LogP contribution is 2.15. The molecule has 6 heteroatoms. The van der Waals surface area contributed by atoms with E-state index in [1.165, 1.54) is 11.9 Å². The molecular formula is C14H22N4O2. The number of carbonyl (C=O) groups excluding carboxylic acids is 2. The molecule has 110 valence electrons. The average molecular weight is 278 g/mol. The Kier molecular flexibility index (Phi) is 5.99. The number of rotatable bonds is 5. The van der Waals surface area contributed by atoms with Gasteiger partial charge in [0.2, 0.25) is 5.91 Å². The van der Waals surface area contributed by atoms with Crippen LogP contribution >= 0.6 is 0 Å². The summed E-state index contributed by atoms with van der Waals surface area (Å²) < 4.78 is 0. The molecule has 3 N–H and O–H groups in total. The number of anilines is 1.